The lowest BCUT2D eigenvalue weighted by atomic mass is 10.3. The van der Waals surface area contributed by atoms with E-state index in [9.17, 15) is 4.79 Å². The molecule has 4 unspecified atom stereocenters. The van der Waals surface area contributed by atoms with Crippen LogP contribution >= 0.6 is 0 Å². The van der Waals surface area contributed by atoms with E-state index in [1.807, 2.05) is 0 Å². The number of hydrogen-bond acceptors (Lipinski definition) is 3. The summed E-state index contributed by atoms with van der Waals surface area (Å²) in [5, 5.41) is 17.6. The standard InChI is InChI=1S/C5H8O3/c6-3-1-4(7)5(8)2-3/h3-4,6-7H,1-2H2/i1D,2D. The molecule has 0 amide bonds. The fourth-order valence-corrected chi connectivity index (χ4v) is 0.604. The molecule has 0 aromatic heterocycles. The second-order valence-corrected chi connectivity index (χ2v) is 1.70. The summed E-state index contributed by atoms with van der Waals surface area (Å²) < 4.78 is 13.9. The van der Waals surface area contributed by atoms with Crippen LogP contribution in [-0.2, 0) is 4.79 Å². The van der Waals surface area contributed by atoms with Crippen molar-refractivity contribution < 1.29 is 17.7 Å². The summed E-state index contributed by atoms with van der Waals surface area (Å²) >= 11 is 0. The molecule has 0 heterocycles. The zero-order valence-electron chi connectivity index (χ0n) is 6.11. The highest BCUT2D eigenvalue weighted by molar-refractivity contribution is 5.85. The Hall–Kier alpha value is -0.410. The molecule has 1 rings (SSSR count). The van der Waals surface area contributed by atoms with Crippen LogP contribution in [0.15, 0.2) is 0 Å². The highest BCUT2D eigenvalue weighted by atomic mass is 16.3. The summed E-state index contributed by atoms with van der Waals surface area (Å²) in [7, 11) is 0. The zero-order valence-corrected chi connectivity index (χ0v) is 4.11. The topological polar surface area (TPSA) is 57.5 Å². The first kappa shape index (κ1) is 3.58. The number of carbonyl (C=O) groups excluding carboxylic acids is 1. The Morgan fingerprint density at radius 3 is 2.50 bits per heavy atom. The van der Waals surface area contributed by atoms with Gasteiger partial charge in [-0.15, -0.1) is 0 Å². The van der Waals surface area contributed by atoms with Crippen molar-refractivity contribution in [1.29, 1.82) is 0 Å². The largest absolute Gasteiger partial charge is 0.393 e. The van der Waals surface area contributed by atoms with Crippen LogP contribution in [0.2, 0.25) is 0 Å². The molecule has 0 bridgehead atoms. The van der Waals surface area contributed by atoms with Crippen molar-refractivity contribution in [2.45, 2.75) is 25.0 Å². The third-order valence-electron chi connectivity index (χ3n) is 1.01. The molecule has 0 radical (unpaired) electrons. The van der Waals surface area contributed by atoms with Gasteiger partial charge in [-0.3, -0.25) is 4.79 Å². The SMILES string of the molecule is [2H]C1C(=O)C(O)C([2H])C1O. The van der Waals surface area contributed by atoms with Gasteiger partial charge in [0.05, 0.1) is 6.10 Å². The van der Waals surface area contributed by atoms with Crippen LogP contribution in [0.25, 0.3) is 0 Å². The van der Waals surface area contributed by atoms with Crippen molar-refractivity contribution >= 4 is 5.78 Å². The molecule has 0 aliphatic heterocycles. The number of Topliss-reactive ketones (excluding diaryl/α,β-unsaturated/α-hetero) is 1. The molecular weight excluding hydrogens is 108 g/mol. The molecule has 0 spiro atoms. The number of hydrogen-bond donors (Lipinski definition) is 2. The third-order valence-corrected chi connectivity index (χ3v) is 1.01. The van der Waals surface area contributed by atoms with Crippen molar-refractivity contribution in [3.8, 4) is 0 Å². The monoisotopic (exact) mass is 118 g/mol. The van der Waals surface area contributed by atoms with Crippen molar-refractivity contribution in [2.75, 3.05) is 0 Å². The van der Waals surface area contributed by atoms with E-state index in [1.165, 1.54) is 0 Å². The van der Waals surface area contributed by atoms with Gasteiger partial charge in [0.25, 0.3) is 0 Å². The molecule has 1 fully saturated rings. The highest BCUT2D eigenvalue weighted by Gasteiger charge is 2.28. The molecule has 0 aromatic carbocycles. The van der Waals surface area contributed by atoms with Gasteiger partial charge in [0.1, 0.15) is 6.10 Å². The highest BCUT2D eigenvalue weighted by Crippen LogP contribution is 2.14. The van der Waals surface area contributed by atoms with Gasteiger partial charge in [-0.05, 0) is 0 Å². The van der Waals surface area contributed by atoms with Crippen LogP contribution < -0.4 is 0 Å². The summed E-state index contributed by atoms with van der Waals surface area (Å²) in [5.41, 5.74) is 0. The minimum Gasteiger partial charge on any atom is -0.393 e. The summed E-state index contributed by atoms with van der Waals surface area (Å²) in [6.45, 7) is 0. The maximum absolute atomic E-state index is 10.6. The van der Waals surface area contributed by atoms with Gasteiger partial charge in [-0.25, -0.2) is 0 Å². The van der Waals surface area contributed by atoms with Gasteiger partial charge in [0.15, 0.2) is 5.78 Å². The molecule has 0 saturated heterocycles. The van der Waals surface area contributed by atoms with E-state index in [2.05, 4.69) is 0 Å². The van der Waals surface area contributed by atoms with Crippen LogP contribution in [0.3, 0.4) is 0 Å². The van der Waals surface area contributed by atoms with Gasteiger partial charge in [-0.2, -0.15) is 0 Å². The maximum atomic E-state index is 10.6. The van der Waals surface area contributed by atoms with E-state index in [0.717, 1.165) is 0 Å². The van der Waals surface area contributed by atoms with Gasteiger partial charge in [-0.1, -0.05) is 0 Å². The summed E-state index contributed by atoms with van der Waals surface area (Å²) in [6.07, 6.45) is -5.38. The molecule has 4 atom stereocenters. The van der Waals surface area contributed by atoms with Crippen LogP contribution in [0, 0.1) is 0 Å². The van der Waals surface area contributed by atoms with Crippen molar-refractivity contribution in [3.05, 3.63) is 0 Å². The van der Waals surface area contributed by atoms with Gasteiger partial charge < -0.3 is 10.2 Å². The quantitative estimate of drug-likeness (QED) is 0.432. The number of aliphatic hydroxyl groups is 2. The predicted octanol–water partition coefficient (Wildman–Crippen LogP) is -0.929. The molecule has 8 heavy (non-hydrogen) atoms. The summed E-state index contributed by atoms with van der Waals surface area (Å²) in [6, 6.07) is 0. The average molecular weight is 118 g/mol. The molecule has 46 valence electrons. The minimum atomic E-state index is -1.47. The first-order chi connectivity index (χ1) is 4.55. The van der Waals surface area contributed by atoms with E-state index in [4.69, 9.17) is 13.0 Å². The van der Waals surface area contributed by atoms with Crippen LogP contribution in [0.4, 0.5) is 0 Å². The Labute approximate surface area is 49.8 Å². The van der Waals surface area contributed by atoms with E-state index in [-0.39, 0.29) is 0 Å². The van der Waals surface area contributed by atoms with E-state index < -0.39 is 30.8 Å². The molecule has 3 nitrogen and oxygen atoms in total. The van der Waals surface area contributed by atoms with Crippen molar-refractivity contribution in [2.24, 2.45) is 0 Å². The fourth-order valence-electron chi connectivity index (χ4n) is 0.604. The Morgan fingerprint density at radius 2 is 2.38 bits per heavy atom. The van der Waals surface area contributed by atoms with Crippen LogP contribution in [-0.4, -0.2) is 28.2 Å². The second kappa shape index (κ2) is 1.84. The van der Waals surface area contributed by atoms with E-state index >= 15 is 0 Å². The zero-order chi connectivity index (χ0) is 7.89. The number of aliphatic hydroxyl groups excluding tert-OH is 2. The van der Waals surface area contributed by atoms with Gasteiger partial charge in [0, 0.05) is 15.5 Å². The first-order valence-electron chi connectivity index (χ1n) is 3.45. The maximum Gasteiger partial charge on any atom is 0.163 e. The van der Waals surface area contributed by atoms with Gasteiger partial charge in [0.2, 0.25) is 0 Å². The third kappa shape index (κ3) is 0.877. The lowest BCUT2D eigenvalue weighted by Gasteiger charge is -1.93. The van der Waals surface area contributed by atoms with Crippen molar-refractivity contribution in [3.63, 3.8) is 0 Å². The molecule has 1 saturated carbocycles. The lowest BCUT2D eigenvalue weighted by Crippen LogP contribution is -2.10. The first-order valence-corrected chi connectivity index (χ1v) is 2.30. The second-order valence-electron chi connectivity index (χ2n) is 1.70. The fraction of sp³-hybridized carbons (Fsp3) is 0.800. The number of ketones is 1. The molecular formula is C5H8O3. The molecule has 3 heteroatoms. The normalized spacial score (nSPS) is 60.5. The molecule has 0 aromatic rings. The molecule has 1 aliphatic rings. The molecule has 1 aliphatic carbocycles. The Morgan fingerprint density at radius 1 is 1.75 bits per heavy atom. The smallest absolute Gasteiger partial charge is 0.163 e. The van der Waals surface area contributed by atoms with Gasteiger partial charge >= 0.3 is 0 Å². The lowest BCUT2D eigenvalue weighted by molar-refractivity contribution is -0.124. The number of rotatable bonds is 0. The summed E-state index contributed by atoms with van der Waals surface area (Å²) in [4.78, 5) is 10.6. The molecule has 2 N–H and O–H groups in total. The van der Waals surface area contributed by atoms with E-state index in [0.29, 0.717) is 0 Å². The summed E-state index contributed by atoms with van der Waals surface area (Å²) in [5.74, 6) is -0.757. The Bertz CT molecular complexity index is 145. The minimum absolute atomic E-state index is 0.757. The van der Waals surface area contributed by atoms with Crippen molar-refractivity contribution in [1.82, 2.24) is 0 Å². The predicted molar refractivity (Wildman–Crippen MR) is 26.3 cm³/mol. The Balaban J connectivity index is 2.78. The Kier molecular flexibility index (Phi) is 0.823. The number of carbonyl (C=O) groups is 1. The average Bonchev–Trinajstić information content (AvgIpc) is 2.07. The van der Waals surface area contributed by atoms with E-state index in [1.54, 1.807) is 0 Å². The van der Waals surface area contributed by atoms with Crippen LogP contribution in [0.5, 0.6) is 0 Å². The van der Waals surface area contributed by atoms with Crippen LogP contribution in [0.1, 0.15) is 15.5 Å².